The van der Waals surface area contributed by atoms with Crippen LogP contribution in [-0.2, 0) is 20.7 Å². The summed E-state index contributed by atoms with van der Waals surface area (Å²) >= 11 is 1.26. The summed E-state index contributed by atoms with van der Waals surface area (Å²) in [5.74, 6) is -1.26. The molecule has 3 aromatic rings. The normalized spacial score (nSPS) is 10.4. The number of amides is 1. The van der Waals surface area contributed by atoms with Gasteiger partial charge in [-0.1, -0.05) is 48.0 Å². The molecule has 0 aliphatic heterocycles. The van der Waals surface area contributed by atoms with E-state index in [2.05, 4.69) is 10.3 Å². The maximum Gasteiger partial charge on any atom is 0.311 e. The first kappa shape index (κ1) is 20.2. The molecule has 0 aliphatic rings. The fourth-order valence-corrected chi connectivity index (χ4v) is 3.27. The van der Waals surface area contributed by atoms with Gasteiger partial charge in [-0.3, -0.25) is 25.0 Å². The average Bonchev–Trinajstić information content (AvgIpc) is 3.15. The second-order valence-electron chi connectivity index (χ2n) is 6.18. The van der Waals surface area contributed by atoms with Crippen LogP contribution in [0.2, 0.25) is 0 Å². The van der Waals surface area contributed by atoms with Gasteiger partial charge in [-0.25, -0.2) is 4.98 Å². The van der Waals surface area contributed by atoms with Gasteiger partial charge in [0.1, 0.15) is 0 Å². The number of anilines is 1. The third kappa shape index (κ3) is 5.45. The fourth-order valence-electron chi connectivity index (χ4n) is 2.53. The van der Waals surface area contributed by atoms with Gasteiger partial charge in [-0.15, -0.1) is 11.3 Å². The molecular weight excluding hydrogens is 394 g/mol. The number of nitro groups is 1. The maximum absolute atomic E-state index is 12.0. The van der Waals surface area contributed by atoms with Crippen LogP contribution >= 0.6 is 11.3 Å². The molecule has 0 saturated carbocycles. The first-order chi connectivity index (χ1) is 13.9. The van der Waals surface area contributed by atoms with Gasteiger partial charge < -0.3 is 4.74 Å². The highest BCUT2D eigenvalue weighted by atomic mass is 32.1. The third-order valence-corrected chi connectivity index (χ3v) is 4.74. The minimum Gasteiger partial charge on any atom is -0.455 e. The lowest BCUT2D eigenvalue weighted by molar-refractivity contribution is -0.385. The largest absolute Gasteiger partial charge is 0.455 e. The van der Waals surface area contributed by atoms with Gasteiger partial charge in [0.25, 0.3) is 11.6 Å². The first-order valence-corrected chi connectivity index (χ1v) is 9.50. The van der Waals surface area contributed by atoms with Gasteiger partial charge in [-0.2, -0.15) is 0 Å². The molecule has 0 spiro atoms. The maximum atomic E-state index is 12.0. The number of nitrogens with zero attached hydrogens (tertiary/aromatic N) is 2. The summed E-state index contributed by atoms with van der Waals surface area (Å²) in [5, 5.41) is 15.8. The van der Waals surface area contributed by atoms with E-state index in [9.17, 15) is 19.7 Å². The average molecular weight is 411 g/mol. The molecule has 3 rings (SSSR count). The van der Waals surface area contributed by atoms with E-state index >= 15 is 0 Å². The van der Waals surface area contributed by atoms with E-state index in [1.54, 1.807) is 6.07 Å². The number of carbonyl (C=O) groups excluding carboxylic acids is 2. The number of hydrogen-bond donors (Lipinski definition) is 1. The van der Waals surface area contributed by atoms with Crippen molar-refractivity contribution in [1.29, 1.82) is 0 Å². The molecule has 1 aromatic heterocycles. The van der Waals surface area contributed by atoms with Crippen LogP contribution in [0.1, 0.15) is 11.1 Å². The number of nitrogens with one attached hydrogen (secondary N) is 1. The quantitative estimate of drug-likeness (QED) is 0.360. The van der Waals surface area contributed by atoms with Gasteiger partial charge in [0.2, 0.25) is 0 Å². The minimum absolute atomic E-state index is 0.166. The van der Waals surface area contributed by atoms with E-state index in [-0.39, 0.29) is 17.7 Å². The number of benzene rings is 2. The Hall–Kier alpha value is -3.59. The van der Waals surface area contributed by atoms with Crippen LogP contribution in [0, 0.1) is 17.0 Å². The van der Waals surface area contributed by atoms with Crippen molar-refractivity contribution in [2.75, 3.05) is 11.9 Å². The van der Waals surface area contributed by atoms with Crippen LogP contribution in [0.5, 0.6) is 0 Å². The molecule has 1 amide bonds. The predicted molar refractivity (Wildman–Crippen MR) is 109 cm³/mol. The van der Waals surface area contributed by atoms with Gasteiger partial charge in [-0.05, 0) is 6.92 Å². The summed E-state index contributed by atoms with van der Waals surface area (Å²) in [5.41, 5.74) is 2.87. The monoisotopic (exact) mass is 411 g/mol. The van der Waals surface area contributed by atoms with Crippen molar-refractivity contribution in [3.05, 3.63) is 75.2 Å². The summed E-state index contributed by atoms with van der Waals surface area (Å²) < 4.78 is 4.92. The highest BCUT2D eigenvalue weighted by molar-refractivity contribution is 7.14. The smallest absolute Gasteiger partial charge is 0.311 e. The van der Waals surface area contributed by atoms with Crippen LogP contribution in [-0.4, -0.2) is 28.4 Å². The molecule has 8 nitrogen and oxygen atoms in total. The molecule has 0 fully saturated rings. The van der Waals surface area contributed by atoms with Crippen LogP contribution in [0.15, 0.2) is 53.9 Å². The van der Waals surface area contributed by atoms with E-state index in [0.717, 1.165) is 16.8 Å². The number of hydrogen-bond acceptors (Lipinski definition) is 7. The van der Waals surface area contributed by atoms with Crippen molar-refractivity contribution < 1.29 is 19.2 Å². The predicted octanol–water partition coefficient (Wildman–Crippen LogP) is 3.75. The Balaban J connectivity index is 1.52. The summed E-state index contributed by atoms with van der Waals surface area (Å²) in [7, 11) is 0. The van der Waals surface area contributed by atoms with E-state index in [1.807, 2.05) is 36.6 Å². The Labute approximate surface area is 170 Å². The lowest BCUT2D eigenvalue weighted by Crippen LogP contribution is -2.21. The zero-order valence-corrected chi connectivity index (χ0v) is 16.3. The van der Waals surface area contributed by atoms with Crippen LogP contribution in [0.25, 0.3) is 11.3 Å². The second kappa shape index (κ2) is 9.07. The van der Waals surface area contributed by atoms with Crippen molar-refractivity contribution in [2.45, 2.75) is 13.3 Å². The van der Waals surface area contributed by atoms with Crippen molar-refractivity contribution in [3.63, 3.8) is 0 Å². The van der Waals surface area contributed by atoms with Crippen LogP contribution in [0.4, 0.5) is 10.8 Å². The minimum atomic E-state index is -0.728. The zero-order valence-electron chi connectivity index (χ0n) is 15.5. The zero-order chi connectivity index (χ0) is 20.8. The topological polar surface area (TPSA) is 111 Å². The molecule has 0 unspecified atom stereocenters. The third-order valence-electron chi connectivity index (χ3n) is 3.99. The molecule has 0 saturated heterocycles. The summed E-state index contributed by atoms with van der Waals surface area (Å²) in [6, 6.07) is 13.7. The van der Waals surface area contributed by atoms with Crippen molar-refractivity contribution >= 4 is 34.0 Å². The molecule has 2 aromatic carbocycles. The summed E-state index contributed by atoms with van der Waals surface area (Å²) in [6.45, 7) is 1.49. The number of para-hydroxylation sites is 1. The second-order valence-corrected chi connectivity index (χ2v) is 7.03. The first-order valence-electron chi connectivity index (χ1n) is 8.62. The lowest BCUT2D eigenvalue weighted by atomic mass is 10.1. The molecule has 0 aliphatic carbocycles. The highest BCUT2D eigenvalue weighted by Crippen LogP contribution is 2.25. The Morgan fingerprint density at radius 3 is 2.62 bits per heavy atom. The molecule has 9 heteroatoms. The number of nitro benzene ring substituents is 1. The SMILES string of the molecule is Cc1ccc(-c2csc(NC(=O)COC(=O)Cc3ccccc3[N+](=O)[O-])n2)cc1. The van der Waals surface area contributed by atoms with Gasteiger partial charge >= 0.3 is 5.97 Å². The molecule has 0 atom stereocenters. The number of esters is 1. The Bertz CT molecular complexity index is 1050. The van der Waals surface area contributed by atoms with Gasteiger partial charge in [0.05, 0.1) is 17.0 Å². The number of carbonyl (C=O) groups is 2. The number of aromatic nitrogens is 1. The van der Waals surface area contributed by atoms with Crippen LogP contribution in [0.3, 0.4) is 0 Å². The number of ether oxygens (including phenoxy) is 1. The van der Waals surface area contributed by atoms with E-state index < -0.39 is 23.4 Å². The molecule has 148 valence electrons. The van der Waals surface area contributed by atoms with E-state index in [0.29, 0.717) is 5.13 Å². The Kier molecular flexibility index (Phi) is 6.30. The fraction of sp³-hybridized carbons (Fsp3) is 0.150. The molecule has 0 radical (unpaired) electrons. The molecule has 0 bridgehead atoms. The molecule has 1 heterocycles. The highest BCUT2D eigenvalue weighted by Gasteiger charge is 2.17. The number of thiazole rings is 1. The number of rotatable bonds is 7. The van der Waals surface area contributed by atoms with Crippen molar-refractivity contribution in [3.8, 4) is 11.3 Å². The van der Waals surface area contributed by atoms with Crippen molar-refractivity contribution in [2.24, 2.45) is 0 Å². The molecule has 29 heavy (non-hydrogen) atoms. The van der Waals surface area contributed by atoms with E-state index in [4.69, 9.17) is 4.74 Å². The summed E-state index contributed by atoms with van der Waals surface area (Å²) in [4.78, 5) is 38.7. The Morgan fingerprint density at radius 1 is 1.17 bits per heavy atom. The van der Waals surface area contributed by atoms with Crippen LogP contribution < -0.4 is 5.32 Å². The molecule has 1 N–H and O–H groups in total. The summed E-state index contributed by atoms with van der Waals surface area (Å²) in [6.07, 6.45) is -0.292. The number of aryl methyl sites for hydroxylation is 1. The lowest BCUT2D eigenvalue weighted by Gasteiger charge is -2.05. The van der Waals surface area contributed by atoms with Gasteiger partial charge in [0.15, 0.2) is 11.7 Å². The van der Waals surface area contributed by atoms with E-state index in [1.165, 1.54) is 29.5 Å². The molecular formula is C20H17N3O5S. The Morgan fingerprint density at radius 2 is 1.90 bits per heavy atom. The van der Waals surface area contributed by atoms with Gasteiger partial charge in [0, 0.05) is 22.6 Å². The van der Waals surface area contributed by atoms with Crippen molar-refractivity contribution in [1.82, 2.24) is 4.98 Å². The standard InChI is InChI=1S/C20H17N3O5S/c1-13-6-8-14(9-7-13)16-12-29-20(21-16)22-18(24)11-28-19(25)10-15-4-2-3-5-17(15)23(26)27/h2-9,12H,10-11H2,1H3,(H,21,22,24).